The van der Waals surface area contributed by atoms with Crippen molar-refractivity contribution in [2.45, 2.75) is 39.0 Å². The first-order chi connectivity index (χ1) is 6.25. The molecule has 1 saturated carbocycles. The summed E-state index contributed by atoms with van der Waals surface area (Å²) < 4.78 is 0. The van der Waals surface area contributed by atoms with Gasteiger partial charge < -0.3 is 0 Å². The highest BCUT2D eigenvalue weighted by molar-refractivity contribution is 5.09. The Morgan fingerprint density at radius 1 is 1.54 bits per heavy atom. The molecule has 2 rings (SSSR count). The van der Waals surface area contributed by atoms with E-state index in [4.69, 9.17) is 0 Å². The van der Waals surface area contributed by atoms with Crippen LogP contribution >= 0.6 is 0 Å². The fourth-order valence-electron chi connectivity index (χ4n) is 1.42. The van der Waals surface area contributed by atoms with E-state index in [1.54, 1.807) is 0 Å². The van der Waals surface area contributed by atoms with Crippen LogP contribution in [0, 0.1) is 12.1 Å². The Labute approximate surface area is 79.4 Å². The fourth-order valence-corrected chi connectivity index (χ4v) is 1.42. The molecule has 69 valence electrons. The summed E-state index contributed by atoms with van der Waals surface area (Å²) in [5.74, 6) is 2.32. The average Bonchev–Trinajstić information content (AvgIpc) is 2.85. The SMILES string of the molecule is CC(C)Cc1c[c]nc(C2CC2)n1. The molecule has 1 aromatic heterocycles. The molecule has 0 amide bonds. The maximum Gasteiger partial charge on any atom is 0.132 e. The second kappa shape index (κ2) is 3.44. The van der Waals surface area contributed by atoms with E-state index in [2.05, 4.69) is 30.0 Å². The minimum Gasteiger partial charge on any atom is -0.238 e. The Hall–Kier alpha value is -0.920. The number of hydrogen-bond acceptors (Lipinski definition) is 2. The van der Waals surface area contributed by atoms with Crippen LogP contribution in [0.15, 0.2) is 6.07 Å². The van der Waals surface area contributed by atoms with E-state index in [0.717, 1.165) is 17.9 Å². The van der Waals surface area contributed by atoms with Gasteiger partial charge >= 0.3 is 0 Å². The summed E-state index contributed by atoms with van der Waals surface area (Å²) in [5, 5.41) is 0. The van der Waals surface area contributed by atoms with Crippen molar-refractivity contribution in [2.75, 3.05) is 0 Å². The summed E-state index contributed by atoms with van der Waals surface area (Å²) in [7, 11) is 0. The van der Waals surface area contributed by atoms with Gasteiger partial charge in [-0.25, -0.2) is 9.97 Å². The molecular formula is C11H15N2. The molecule has 2 heteroatoms. The molecule has 1 aromatic rings. The van der Waals surface area contributed by atoms with Crippen molar-refractivity contribution in [3.05, 3.63) is 23.8 Å². The van der Waals surface area contributed by atoms with Gasteiger partial charge in [0.25, 0.3) is 0 Å². The van der Waals surface area contributed by atoms with E-state index in [-0.39, 0.29) is 0 Å². The molecule has 0 N–H and O–H groups in total. The average molecular weight is 175 g/mol. The molecule has 0 unspecified atom stereocenters. The number of nitrogens with zero attached hydrogens (tertiary/aromatic N) is 2. The van der Waals surface area contributed by atoms with Gasteiger partial charge in [0, 0.05) is 11.6 Å². The summed E-state index contributed by atoms with van der Waals surface area (Å²) in [4.78, 5) is 8.71. The zero-order valence-electron chi connectivity index (χ0n) is 8.25. The smallest absolute Gasteiger partial charge is 0.132 e. The maximum absolute atomic E-state index is 4.53. The summed E-state index contributed by atoms with van der Waals surface area (Å²) in [6, 6.07) is 1.91. The van der Waals surface area contributed by atoms with Gasteiger partial charge in [0.1, 0.15) is 5.82 Å². The van der Waals surface area contributed by atoms with Crippen LogP contribution in [-0.2, 0) is 6.42 Å². The second-order valence-corrected chi connectivity index (χ2v) is 4.22. The lowest BCUT2D eigenvalue weighted by Gasteiger charge is -2.04. The highest BCUT2D eigenvalue weighted by Gasteiger charge is 2.26. The van der Waals surface area contributed by atoms with Gasteiger partial charge in [-0.05, 0) is 31.2 Å². The van der Waals surface area contributed by atoms with Crippen molar-refractivity contribution in [2.24, 2.45) is 5.92 Å². The van der Waals surface area contributed by atoms with E-state index in [1.165, 1.54) is 12.8 Å². The van der Waals surface area contributed by atoms with Crippen molar-refractivity contribution in [1.82, 2.24) is 9.97 Å². The van der Waals surface area contributed by atoms with Crippen molar-refractivity contribution in [3.8, 4) is 0 Å². The van der Waals surface area contributed by atoms with E-state index in [9.17, 15) is 0 Å². The predicted molar refractivity (Wildman–Crippen MR) is 51.4 cm³/mol. The molecule has 0 atom stereocenters. The molecule has 13 heavy (non-hydrogen) atoms. The largest absolute Gasteiger partial charge is 0.238 e. The minimum absolute atomic E-state index is 0.642. The van der Waals surface area contributed by atoms with Crippen LogP contribution in [0.4, 0.5) is 0 Å². The van der Waals surface area contributed by atoms with Crippen LogP contribution in [0.1, 0.15) is 44.1 Å². The van der Waals surface area contributed by atoms with Gasteiger partial charge in [0.2, 0.25) is 0 Å². The molecule has 1 aliphatic carbocycles. The zero-order chi connectivity index (χ0) is 9.26. The lowest BCUT2D eigenvalue weighted by molar-refractivity contribution is 0.630. The highest BCUT2D eigenvalue weighted by Crippen LogP contribution is 2.37. The third kappa shape index (κ3) is 2.27. The zero-order valence-corrected chi connectivity index (χ0v) is 8.25. The molecular weight excluding hydrogens is 160 g/mol. The Morgan fingerprint density at radius 3 is 2.92 bits per heavy atom. The highest BCUT2D eigenvalue weighted by atomic mass is 14.9. The first-order valence-electron chi connectivity index (χ1n) is 4.99. The Morgan fingerprint density at radius 2 is 2.31 bits per heavy atom. The number of rotatable bonds is 3. The molecule has 2 nitrogen and oxygen atoms in total. The molecule has 1 aliphatic rings. The van der Waals surface area contributed by atoms with Gasteiger partial charge in [-0.3, -0.25) is 0 Å². The molecule has 0 bridgehead atoms. The second-order valence-electron chi connectivity index (χ2n) is 4.22. The van der Waals surface area contributed by atoms with Crippen LogP contribution in [0.5, 0.6) is 0 Å². The first kappa shape index (κ1) is 8.67. The third-order valence-corrected chi connectivity index (χ3v) is 2.23. The van der Waals surface area contributed by atoms with Crippen LogP contribution in [-0.4, -0.2) is 9.97 Å². The monoisotopic (exact) mass is 175 g/mol. The third-order valence-electron chi connectivity index (χ3n) is 2.23. The molecule has 0 aromatic carbocycles. The summed E-state index contributed by atoms with van der Waals surface area (Å²) in [6.45, 7) is 4.41. The minimum atomic E-state index is 0.642. The molecule has 0 aliphatic heterocycles. The molecule has 0 spiro atoms. The molecule has 1 radical (unpaired) electrons. The Kier molecular flexibility index (Phi) is 2.30. The lowest BCUT2D eigenvalue weighted by Crippen LogP contribution is -2.01. The van der Waals surface area contributed by atoms with E-state index >= 15 is 0 Å². The number of hydrogen-bond donors (Lipinski definition) is 0. The van der Waals surface area contributed by atoms with Gasteiger partial charge in [-0.2, -0.15) is 0 Å². The van der Waals surface area contributed by atoms with Crippen LogP contribution in [0.3, 0.4) is 0 Å². The predicted octanol–water partition coefficient (Wildman–Crippen LogP) is 2.35. The fraction of sp³-hybridized carbons (Fsp3) is 0.636. The lowest BCUT2D eigenvalue weighted by atomic mass is 10.1. The topological polar surface area (TPSA) is 25.8 Å². The quantitative estimate of drug-likeness (QED) is 0.704. The van der Waals surface area contributed by atoms with Crippen LogP contribution in [0.25, 0.3) is 0 Å². The summed E-state index contributed by atoms with van der Waals surface area (Å²) in [5.41, 5.74) is 1.15. The van der Waals surface area contributed by atoms with E-state index < -0.39 is 0 Å². The maximum atomic E-state index is 4.53. The van der Waals surface area contributed by atoms with Crippen molar-refractivity contribution in [3.63, 3.8) is 0 Å². The van der Waals surface area contributed by atoms with Gasteiger partial charge in [0.05, 0.1) is 6.20 Å². The molecule has 1 heterocycles. The van der Waals surface area contributed by atoms with E-state index in [1.807, 2.05) is 6.07 Å². The van der Waals surface area contributed by atoms with Crippen molar-refractivity contribution in [1.29, 1.82) is 0 Å². The first-order valence-corrected chi connectivity index (χ1v) is 4.99. The number of aromatic nitrogens is 2. The summed E-state index contributed by atoms with van der Waals surface area (Å²) >= 11 is 0. The standard InChI is InChI=1S/C11H15N2/c1-8(2)7-10-5-6-12-11(13-10)9-3-4-9/h5,8-9H,3-4,7H2,1-2H3. The van der Waals surface area contributed by atoms with E-state index in [0.29, 0.717) is 11.8 Å². The van der Waals surface area contributed by atoms with Crippen LogP contribution < -0.4 is 0 Å². The Balaban J connectivity index is 2.12. The Bertz CT molecular complexity index is 290. The molecule has 1 fully saturated rings. The van der Waals surface area contributed by atoms with Crippen molar-refractivity contribution < 1.29 is 0 Å². The van der Waals surface area contributed by atoms with Crippen LogP contribution in [0.2, 0.25) is 0 Å². The normalized spacial score (nSPS) is 16.5. The summed E-state index contributed by atoms with van der Waals surface area (Å²) in [6.07, 6.45) is 6.51. The van der Waals surface area contributed by atoms with Gasteiger partial charge in [0.15, 0.2) is 0 Å². The van der Waals surface area contributed by atoms with Crippen molar-refractivity contribution >= 4 is 0 Å². The van der Waals surface area contributed by atoms with Gasteiger partial charge in [-0.15, -0.1) is 0 Å². The van der Waals surface area contributed by atoms with Gasteiger partial charge in [-0.1, -0.05) is 13.8 Å². The molecule has 0 saturated heterocycles.